The Labute approximate surface area is 138 Å². The number of para-hydroxylation sites is 1. The lowest BCUT2D eigenvalue weighted by molar-refractivity contribution is 0.634. The fourth-order valence-electron chi connectivity index (χ4n) is 2.56. The Morgan fingerprint density at radius 2 is 1.81 bits per heavy atom. The Bertz CT molecular complexity index is 778. The highest BCUT2D eigenvalue weighted by Crippen LogP contribution is 2.31. The van der Waals surface area contributed by atoms with Gasteiger partial charge in [-0.05, 0) is 36.8 Å². The van der Waals surface area contributed by atoms with E-state index < -0.39 is 0 Å². The summed E-state index contributed by atoms with van der Waals surface area (Å²) in [5.41, 5.74) is 2.90. The van der Waals surface area contributed by atoms with E-state index in [1.54, 1.807) is 0 Å². The molecule has 0 saturated heterocycles. The van der Waals surface area contributed by atoms with Gasteiger partial charge >= 0.3 is 0 Å². The standard InChI is InChI=1S/C16H13Cl3N2/c1-10(11-5-7-12(18)8-6-11)21-15(9-17)20-14-4-2-3-13(19)16(14)21/h2-8,10H,9H2,1H3. The van der Waals surface area contributed by atoms with Crippen molar-refractivity contribution in [2.75, 3.05) is 0 Å². The summed E-state index contributed by atoms with van der Waals surface area (Å²) in [6.45, 7) is 2.10. The van der Waals surface area contributed by atoms with Crippen LogP contribution >= 0.6 is 34.8 Å². The van der Waals surface area contributed by atoms with E-state index in [1.807, 2.05) is 42.5 Å². The first kappa shape index (κ1) is 14.7. The Hall–Kier alpha value is -1.22. The van der Waals surface area contributed by atoms with Crippen molar-refractivity contribution in [3.8, 4) is 0 Å². The van der Waals surface area contributed by atoms with Gasteiger partial charge in [-0.3, -0.25) is 0 Å². The van der Waals surface area contributed by atoms with Crippen LogP contribution in [0.25, 0.3) is 11.0 Å². The number of halogens is 3. The lowest BCUT2D eigenvalue weighted by Gasteiger charge is -2.18. The summed E-state index contributed by atoms with van der Waals surface area (Å²) in [5, 5.41) is 1.40. The van der Waals surface area contributed by atoms with E-state index in [0.717, 1.165) is 27.4 Å². The van der Waals surface area contributed by atoms with Crippen molar-refractivity contribution in [2.24, 2.45) is 0 Å². The smallest absolute Gasteiger partial charge is 0.125 e. The zero-order chi connectivity index (χ0) is 15.0. The molecule has 0 aliphatic rings. The molecule has 2 nitrogen and oxygen atoms in total. The lowest BCUT2D eigenvalue weighted by atomic mass is 10.1. The van der Waals surface area contributed by atoms with Crippen molar-refractivity contribution in [1.82, 2.24) is 9.55 Å². The maximum absolute atomic E-state index is 6.36. The highest BCUT2D eigenvalue weighted by molar-refractivity contribution is 6.35. The number of aromatic nitrogens is 2. The first-order chi connectivity index (χ1) is 10.1. The van der Waals surface area contributed by atoms with Crippen LogP contribution in [0.2, 0.25) is 10.0 Å². The fourth-order valence-corrected chi connectivity index (χ4v) is 3.13. The molecule has 0 radical (unpaired) electrons. The fraction of sp³-hybridized carbons (Fsp3) is 0.188. The van der Waals surface area contributed by atoms with Crippen molar-refractivity contribution in [3.05, 3.63) is 63.9 Å². The average molecular weight is 340 g/mol. The minimum atomic E-state index is 0.0703. The van der Waals surface area contributed by atoms with Crippen LogP contribution < -0.4 is 0 Å². The maximum Gasteiger partial charge on any atom is 0.125 e. The zero-order valence-electron chi connectivity index (χ0n) is 11.4. The normalized spacial score (nSPS) is 12.8. The molecule has 5 heteroatoms. The molecule has 21 heavy (non-hydrogen) atoms. The van der Waals surface area contributed by atoms with Crippen molar-refractivity contribution in [1.29, 1.82) is 0 Å². The summed E-state index contributed by atoms with van der Waals surface area (Å²) in [6, 6.07) is 13.6. The van der Waals surface area contributed by atoms with Gasteiger partial charge in [-0.2, -0.15) is 0 Å². The molecule has 0 amide bonds. The van der Waals surface area contributed by atoms with Crippen molar-refractivity contribution < 1.29 is 0 Å². The quantitative estimate of drug-likeness (QED) is 0.560. The molecular weight excluding hydrogens is 327 g/mol. The van der Waals surface area contributed by atoms with Gasteiger partial charge in [-0.25, -0.2) is 4.98 Å². The number of hydrogen-bond donors (Lipinski definition) is 0. The highest BCUT2D eigenvalue weighted by Gasteiger charge is 2.18. The predicted octanol–water partition coefficient (Wildman–Crippen LogP) is 5.69. The average Bonchev–Trinajstić information content (AvgIpc) is 2.87. The van der Waals surface area contributed by atoms with Gasteiger partial charge in [0.1, 0.15) is 5.82 Å². The number of hydrogen-bond acceptors (Lipinski definition) is 1. The van der Waals surface area contributed by atoms with E-state index in [9.17, 15) is 0 Å². The SMILES string of the molecule is CC(c1ccc(Cl)cc1)n1c(CCl)nc2cccc(Cl)c21. The van der Waals surface area contributed by atoms with Crippen LogP contribution in [0, 0.1) is 0 Å². The van der Waals surface area contributed by atoms with Gasteiger partial charge in [0, 0.05) is 5.02 Å². The van der Waals surface area contributed by atoms with Crippen LogP contribution in [-0.4, -0.2) is 9.55 Å². The summed E-state index contributed by atoms with van der Waals surface area (Å²) >= 11 is 18.4. The van der Waals surface area contributed by atoms with Crippen LogP contribution in [0.15, 0.2) is 42.5 Å². The molecule has 2 aromatic carbocycles. The largest absolute Gasteiger partial charge is 0.318 e. The Balaban J connectivity index is 2.20. The molecule has 0 spiro atoms. The molecule has 1 atom stereocenters. The lowest BCUT2D eigenvalue weighted by Crippen LogP contribution is -2.10. The van der Waals surface area contributed by atoms with E-state index in [4.69, 9.17) is 34.8 Å². The van der Waals surface area contributed by atoms with Crippen LogP contribution in [0.4, 0.5) is 0 Å². The third kappa shape index (κ3) is 2.64. The molecule has 0 bridgehead atoms. The van der Waals surface area contributed by atoms with Crippen LogP contribution in [0.1, 0.15) is 24.4 Å². The summed E-state index contributed by atoms with van der Waals surface area (Å²) in [6.07, 6.45) is 0. The van der Waals surface area contributed by atoms with Crippen LogP contribution in [-0.2, 0) is 5.88 Å². The number of rotatable bonds is 3. The van der Waals surface area contributed by atoms with Crippen LogP contribution in [0.3, 0.4) is 0 Å². The minimum Gasteiger partial charge on any atom is -0.318 e. The van der Waals surface area contributed by atoms with Crippen molar-refractivity contribution in [2.45, 2.75) is 18.8 Å². The molecule has 0 N–H and O–H groups in total. The van der Waals surface area contributed by atoms with Gasteiger partial charge in [0.25, 0.3) is 0 Å². The molecule has 0 aliphatic carbocycles. The molecule has 0 saturated carbocycles. The Kier molecular flexibility index (Phi) is 4.12. The van der Waals surface area contributed by atoms with E-state index in [-0.39, 0.29) is 6.04 Å². The highest BCUT2D eigenvalue weighted by atomic mass is 35.5. The molecule has 0 fully saturated rings. The summed E-state index contributed by atoms with van der Waals surface area (Å²) < 4.78 is 2.09. The van der Waals surface area contributed by atoms with Crippen molar-refractivity contribution in [3.63, 3.8) is 0 Å². The van der Waals surface area contributed by atoms with Gasteiger partial charge in [0.15, 0.2) is 0 Å². The second-order valence-corrected chi connectivity index (χ2v) is 5.98. The summed E-state index contributed by atoms with van der Waals surface area (Å²) in [4.78, 5) is 4.58. The third-order valence-electron chi connectivity index (χ3n) is 3.59. The molecular formula is C16H13Cl3N2. The molecule has 3 aromatic rings. The number of benzene rings is 2. The van der Waals surface area contributed by atoms with E-state index >= 15 is 0 Å². The number of nitrogens with zero attached hydrogens (tertiary/aromatic N) is 2. The molecule has 108 valence electrons. The van der Waals surface area contributed by atoms with E-state index in [2.05, 4.69) is 16.5 Å². The molecule has 3 rings (SSSR count). The Morgan fingerprint density at radius 1 is 1.10 bits per heavy atom. The van der Waals surface area contributed by atoms with E-state index in [1.165, 1.54) is 0 Å². The second kappa shape index (κ2) is 5.88. The van der Waals surface area contributed by atoms with Gasteiger partial charge in [-0.15, -0.1) is 11.6 Å². The van der Waals surface area contributed by atoms with Gasteiger partial charge < -0.3 is 4.57 Å². The van der Waals surface area contributed by atoms with Gasteiger partial charge in [0.2, 0.25) is 0 Å². The monoisotopic (exact) mass is 338 g/mol. The summed E-state index contributed by atoms with van der Waals surface area (Å²) in [7, 11) is 0. The van der Waals surface area contributed by atoms with Gasteiger partial charge in [-0.1, -0.05) is 41.4 Å². The predicted molar refractivity (Wildman–Crippen MR) is 89.6 cm³/mol. The van der Waals surface area contributed by atoms with Gasteiger partial charge in [0.05, 0.1) is 28.0 Å². The minimum absolute atomic E-state index is 0.0703. The molecule has 1 aromatic heterocycles. The van der Waals surface area contributed by atoms with E-state index in [0.29, 0.717) is 10.9 Å². The molecule has 1 heterocycles. The number of alkyl halides is 1. The third-order valence-corrected chi connectivity index (χ3v) is 4.39. The first-order valence-electron chi connectivity index (χ1n) is 6.58. The topological polar surface area (TPSA) is 17.8 Å². The number of imidazole rings is 1. The van der Waals surface area contributed by atoms with Crippen molar-refractivity contribution >= 4 is 45.8 Å². The first-order valence-corrected chi connectivity index (χ1v) is 7.87. The number of fused-ring (bicyclic) bond motifs is 1. The van der Waals surface area contributed by atoms with Crippen LogP contribution in [0.5, 0.6) is 0 Å². The maximum atomic E-state index is 6.36. The zero-order valence-corrected chi connectivity index (χ0v) is 13.6. The Morgan fingerprint density at radius 3 is 2.48 bits per heavy atom. The molecule has 0 aliphatic heterocycles. The summed E-state index contributed by atoms with van der Waals surface area (Å²) in [5.74, 6) is 1.14. The second-order valence-electron chi connectivity index (χ2n) is 4.87. The molecule has 1 unspecified atom stereocenters.